The van der Waals surface area contributed by atoms with Crippen molar-refractivity contribution >= 4 is 58.7 Å². The normalized spacial score (nSPS) is 11.9. The largest absolute Gasteiger partial charge is 0.496 e. The van der Waals surface area contributed by atoms with Crippen LogP contribution in [0.15, 0.2) is 97.1 Å². The third-order valence-electron chi connectivity index (χ3n) is 11.2. The second kappa shape index (κ2) is 28.4. The first-order valence-corrected chi connectivity index (χ1v) is 23.6. The smallest absolute Gasteiger partial charge is 0.322 e. The van der Waals surface area contributed by atoms with Gasteiger partial charge in [-0.2, -0.15) is 5.26 Å². The second-order valence-corrected chi connectivity index (χ2v) is 17.5. The number of nitrogens with zero attached hydrogens (tertiary/aromatic N) is 3. The van der Waals surface area contributed by atoms with E-state index in [0.717, 1.165) is 5.56 Å². The molecule has 8 N–H and O–H groups in total. The first kappa shape index (κ1) is 56.2. The summed E-state index contributed by atoms with van der Waals surface area (Å²) in [5, 5.41) is 26.1. The van der Waals surface area contributed by atoms with Crippen molar-refractivity contribution in [2.45, 2.75) is 71.5 Å². The van der Waals surface area contributed by atoms with Crippen LogP contribution in [-0.2, 0) is 20.8 Å². The summed E-state index contributed by atoms with van der Waals surface area (Å²) in [6.07, 6.45) is 0.630. The lowest BCUT2D eigenvalue weighted by molar-refractivity contribution is -0.133. The van der Waals surface area contributed by atoms with Crippen molar-refractivity contribution in [1.29, 1.82) is 5.26 Å². The fourth-order valence-corrected chi connectivity index (χ4v) is 7.55. The third-order valence-corrected chi connectivity index (χ3v) is 11.2. The van der Waals surface area contributed by atoms with Gasteiger partial charge in [-0.25, -0.2) is 9.59 Å². The average molecular weight is 990 g/mol. The third kappa shape index (κ3) is 17.0. The van der Waals surface area contributed by atoms with Crippen LogP contribution < -0.4 is 57.1 Å². The van der Waals surface area contributed by atoms with Gasteiger partial charge in [0.1, 0.15) is 29.6 Å². The molecule has 20 heteroatoms. The van der Waals surface area contributed by atoms with Gasteiger partial charge >= 0.3 is 12.1 Å². The standard InChI is InChI=1S/C52H67N11O9/c1-33(2)28-41(48(66)55-6)57-49(67)42(29-34(3)4)58-50(68)43(30-35-16-11-9-12-17-35)59-52(70)63(38-18-13-10-14-19-38)27-26-62(25-15-24-53)51(69)56-36-20-22-45(72-8)40(31-36)47(65)61-60-37-21-23-44(71-7)39(32-37)46(64)54-5/h9-14,16-23,31-34,41-43,60H,15,25-30H2,1-8H3,(H,54,64)(H,55,66)(H,56,69)(H,57,67)(H,58,68)(H,59,70)(H,61,65)/t41-,42-,43-/m0/s1. The first-order valence-electron chi connectivity index (χ1n) is 23.6. The summed E-state index contributed by atoms with van der Waals surface area (Å²) < 4.78 is 10.7. The van der Waals surface area contributed by atoms with E-state index in [9.17, 15) is 38.8 Å². The molecule has 3 atom stereocenters. The van der Waals surface area contributed by atoms with Crippen LogP contribution in [0.5, 0.6) is 11.5 Å². The van der Waals surface area contributed by atoms with Crippen LogP contribution in [0.4, 0.5) is 26.7 Å². The Morgan fingerprint density at radius 2 is 1.14 bits per heavy atom. The molecule has 72 heavy (non-hydrogen) atoms. The number of anilines is 3. The van der Waals surface area contributed by atoms with E-state index in [2.05, 4.69) is 48.8 Å². The number of urea groups is 2. The SMILES string of the molecule is CNC(=O)c1cc(NNC(=O)c2cc(NC(=O)N(CCC#N)CCN(C(=O)N[C@@H](Cc3ccccc3)C(=O)N[C@@H](CC(C)C)C(=O)N[C@@H](CC(C)C)C(=O)NC)c3ccccc3)ccc2OC)ccc1OC. The summed E-state index contributed by atoms with van der Waals surface area (Å²) in [5.74, 6) is -1.99. The number of hydrazine groups is 1. The van der Waals surface area contributed by atoms with Crippen molar-refractivity contribution in [3.8, 4) is 17.6 Å². The van der Waals surface area contributed by atoms with Gasteiger partial charge < -0.3 is 46.3 Å². The molecule has 0 saturated carbocycles. The maximum absolute atomic E-state index is 14.5. The van der Waals surface area contributed by atoms with E-state index in [1.807, 2.05) is 45.9 Å². The average Bonchev–Trinajstić information content (AvgIpc) is 3.37. The molecule has 384 valence electrons. The van der Waals surface area contributed by atoms with E-state index < -0.39 is 53.8 Å². The van der Waals surface area contributed by atoms with E-state index in [0.29, 0.717) is 23.5 Å². The summed E-state index contributed by atoms with van der Waals surface area (Å²) in [6, 6.07) is 24.5. The van der Waals surface area contributed by atoms with Crippen LogP contribution in [0, 0.1) is 23.2 Å². The molecule has 4 aromatic rings. The number of carbonyl (C=O) groups is 7. The minimum atomic E-state index is -1.19. The van der Waals surface area contributed by atoms with E-state index in [-0.39, 0.29) is 79.2 Å². The molecule has 0 bridgehead atoms. The Morgan fingerprint density at radius 1 is 0.597 bits per heavy atom. The molecule has 0 radical (unpaired) electrons. The van der Waals surface area contributed by atoms with Crippen LogP contribution in [0.3, 0.4) is 0 Å². The number of likely N-dealkylation sites (N-methyl/N-ethyl adjacent to an activating group) is 1. The second-order valence-electron chi connectivity index (χ2n) is 17.5. The van der Waals surface area contributed by atoms with Gasteiger partial charge in [-0.15, -0.1) is 0 Å². The number of ether oxygens (including phenoxy) is 2. The number of hydrogen-bond donors (Lipinski definition) is 8. The molecule has 0 aliphatic rings. The number of amides is 9. The Hall–Kier alpha value is -8.34. The van der Waals surface area contributed by atoms with Gasteiger partial charge in [0, 0.05) is 51.5 Å². The molecule has 0 saturated heterocycles. The predicted molar refractivity (Wildman–Crippen MR) is 274 cm³/mol. The van der Waals surface area contributed by atoms with E-state index in [1.165, 1.54) is 62.4 Å². The van der Waals surface area contributed by atoms with Crippen LogP contribution in [-0.4, -0.2) is 113 Å². The molecule has 0 unspecified atom stereocenters. The lowest BCUT2D eigenvalue weighted by atomic mass is 9.99. The Kier molecular flexibility index (Phi) is 22.2. The summed E-state index contributed by atoms with van der Waals surface area (Å²) in [4.78, 5) is 98.2. The molecule has 0 fully saturated rings. The summed E-state index contributed by atoms with van der Waals surface area (Å²) >= 11 is 0. The van der Waals surface area contributed by atoms with Crippen molar-refractivity contribution in [3.63, 3.8) is 0 Å². The van der Waals surface area contributed by atoms with Gasteiger partial charge in [-0.1, -0.05) is 76.2 Å². The van der Waals surface area contributed by atoms with Crippen molar-refractivity contribution in [2.75, 3.05) is 63.6 Å². The van der Waals surface area contributed by atoms with Gasteiger partial charge in [0.2, 0.25) is 17.7 Å². The minimum Gasteiger partial charge on any atom is -0.496 e. The van der Waals surface area contributed by atoms with E-state index in [4.69, 9.17) is 9.47 Å². The summed E-state index contributed by atoms with van der Waals surface area (Å²) in [7, 11) is 5.78. The lowest BCUT2D eigenvalue weighted by Crippen LogP contribution is -2.58. The highest BCUT2D eigenvalue weighted by atomic mass is 16.5. The van der Waals surface area contributed by atoms with Gasteiger partial charge in [-0.3, -0.25) is 39.7 Å². The minimum absolute atomic E-state index is 0.0316. The number of hydrogen-bond acceptors (Lipinski definition) is 11. The zero-order valence-electron chi connectivity index (χ0n) is 42.1. The van der Waals surface area contributed by atoms with Gasteiger partial charge in [0.05, 0.1) is 43.5 Å². The molecule has 4 aromatic carbocycles. The van der Waals surface area contributed by atoms with E-state index in [1.54, 1.807) is 54.6 Å². The zero-order chi connectivity index (χ0) is 52.7. The number of methoxy groups -OCH3 is 2. The van der Waals surface area contributed by atoms with Crippen molar-refractivity contribution < 1.29 is 43.0 Å². The highest BCUT2D eigenvalue weighted by Gasteiger charge is 2.32. The summed E-state index contributed by atoms with van der Waals surface area (Å²) in [6.45, 7) is 7.46. The Labute approximate surface area is 420 Å². The van der Waals surface area contributed by atoms with Crippen molar-refractivity contribution in [1.82, 2.24) is 36.9 Å². The molecule has 0 aliphatic heterocycles. The maximum Gasteiger partial charge on any atom is 0.322 e. The molecule has 0 heterocycles. The lowest BCUT2D eigenvalue weighted by Gasteiger charge is -2.30. The van der Waals surface area contributed by atoms with Crippen LogP contribution in [0.1, 0.15) is 73.2 Å². The molecule has 0 aliphatic carbocycles. The molecule has 0 spiro atoms. The van der Waals surface area contributed by atoms with Gasteiger partial charge in [0.25, 0.3) is 11.8 Å². The fourth-order valence-electron chi connectivity index (χ4n) is 7.55. The Balaban J connectivity index is 1.57. The summed E-state index contributed by atoms with van der Waals surface area (Å²) in [5.41, 5.74) is 7.38. The zero-order valence-corrected chi connectivity index (χ0v) is 42.1. The van der Waals surface area contributed by atoms with Gasteiger partial charge in [-0.05, 0) is 78.8 Å². The number of rotatable bonds is 25. The van der Waals surface area contributed by atoms with Crippen LogP contribution >= 0.6 is 0 Å². The molecular formula is C52H67N11O9. The molecule has 20 nitrogen and oxygen atoms in total. The topological polar surface area (TPSA) is 264 Å². The van der Waals surface area contributed by atoms with Crippen LogP contribution in [0.25, 0.3) is 0 Å². The van der Waals surface area contributed by atoms with Crippen molar-refractivity contribution in [2.24, 2.45) is 11.8 Å². The number of nitrogens with one attached hydrogen (secondary N) is 8. The van der Waals surface area contributed by atoms with E-state index >= 15 is 0 Å². The molecule has 0 aromatic heterocycles. The van der Waals surface area contributed by atoms with Crippen molar-refractivity contribution in [3.05, 3.63) is 114 Å². The Morgan fingerprint density at radius 3 is 1.69 bits per heavy atom. The van der Waals surface area contributed by atoms with Gasteiger partial charge in [0.15, 0.2) is 0 Å². The highest BCUT2D eigenvalue weighted by molar-refractivity contribution is 6.01. The fraction of sp³-hybridized carbons (Fsp3) is 0.385. The first-order chi connectivity index (χ1) is 34.5. The maximum atomic E-state index is 14.5. The number of nitriles is 1. The number of para-hydroxylation sites is 1. The quantitative estimate of drug-likeness (QED) is 0.0400. The highest BCUT2D eigenvalue weighted by Crippen LogP contribution is 2.25. The Bertz CT molecular complexity index is 2520. The molecular weight excluding hydrogens is 923 g/mol. The predicted octanol–water partition coefficient (Wildman–Crippen LogP) is 5.20. The number of carbonyl (C=O) groups excluding carboxylic acids is 7. The molecule has 4 rings (SSSR count). The van der Waals surface area contributed by atoms with Crippen LogP contribution in [0.2, 0.25) is 0 Å². The number of benzene rings is 4. The monoisotopic (exact) mass is 990 g/mol. The molecule has 9 amide bonds.